The summed E-state index contributed by atoms with van der Waals surface area (Å²) in [5, 5.41) is 2.45. The topological polar surface area (TPSA) is 56.0 Å². The maximum Gasteiger partial charge on any atom is 0.280 e. The zero-order chi connectivity index (χ0) is 18.0. The Balaban J connectivity index is 2.51. The van der Waals surface area contributed by atoms with Crippen LogP contribution in [0.5, 0.6) is 0 Å². The van der Waals surface area contributed by atoms with E-state index in [0.29, 0.717) is 11.3 Å². The average Bonchev–Trinajstić information content (AvgIpc) is 2.77. The van der Waals surface area contributed by atoms with Gasteiger partial charge in [-0.2, -0.15) is 0 Å². The van der Waals surface area contributed by atoms with Crippen molar-refractivity contribution in [1.29, 1.82) is 0 Å². The minimum absolute atomic E-state index is 0.00529. The third-order valence-corrected chi connectivity index (χ3v) is 3.96. The lowest BCUT2D eigenvalue weighted by molar-refractivity contribution is 0.0957. The third kappa shape index (κ3) is 2.95. The molecule has 1 N–H and O–H groups in total. The molecule has 2 aromatic rings. The number of benzene rings is 1. The summed E-state index contributed by atoms with van der Waals surface area (Å²) in [6, 6.07) is 2.84. The molecule has 0 saturated heterocycles. The summed E-state index contributed by atoms with van der Waals surface area (Å²) in [5.74, 6) is -0.261. The van der Waals surface area contributed by atoms with E-state index >= 15 is 0 Å². The molecular formula is C17H17F2N3O2. The zero-order valence-corrected chi connectivity index (χ0v) is 13.6. The highest BCUT2D eigenvalue weighted by Gasteiger charge is 2.24. The van der Waals surface area contributed by atoms with E-state index in [0.717, 1.165) is 12.1 Å². The largest absolute Gasteiger partial charge is 0.341 e. The van der Waals surface area contributed by atoms with Gasteiger partial charge in [-0.1, -0.05) is 12.0 Å². The van der Waals surface area contributed by atoms with Crippen LogP contribution >= 0.6 is 0 Å². The van der Waals surface area contributed by atoms with Gasteiger partial charge in [0, 0.05) is 12.7 Å². The second kappa shape index (κ2) is 6.71. The lowest BCUT2D eigenvalue weighted by atomic mass is 10.1. The standard InChI is InChI=1S/C17H17F2N3O2/c1-5-8-20-16(23)15-11(3)21(4)22(17(15)24)10(2)12-6-7-13(18)14(19)9-12/h1,6-7,9-10H,8H2,2-4H3,(H,20,23)/t10-/m1/s1. The van der Waals surface area contributed by atoms with E-state index in [1.807, 2.05) is 0 Å². The SMILES string of the molecule is C#CCNC(=O)c1c(C)n(C)n([C@H](C)c2ccc(F)c(F)c2)c1=O. The number of nitrogens with one attached hydrogen (secondary N) is 1. The molecule has 0 radical (unpaired) electrons. The van der Waals surface area contributed by atoms with Crippen LogP contribution in [-0.2, 0) is 7.05 Å². The van der Waals surface area contributed by atoms with Crippen molar-refractivity contribution in [3.05, 3.63) is 57.0 Å². The first-order chi connectivity index (χ1) is 11.3. The number of halogens is 2. The minimum atomic E-state index is -0.995. The molecule has 0 aliphatic heterocycles. The Morgan fingerprint density at radius 1 is 1.38 bits per heavy atom. The fraction of sp³-hybridized carbons (Fsp3) is 0.294. The van der Waals surface area contributed by atoms with Gasteiger partial charge >= 0.3 is 0 Å². The maximum absolute atomic E-state index is 13.5. The summed E-state index contributed by atoms with van der Waals surface area (Å²) >= 11 is 0. The van der Waals surface area contributed by atoms with Crippen molar-refractivity contribution in [3.63, 3.8) is 0 Å². The number of rotatable bonds is 4. The van der Waals surface area contributed by atoms with Crippen molar-refractivity contribution < 1.29 is 13.6 Å². The van der Waals surface area contributed by atoms with Gasteiger partial charge in [-0.05, 0) is 31.5 Å². The quantitative estimate of drug-likeness (QED) is 0.867. The van der Waals surface area contributed by atoms with E-state index in [2.05, 4.69) is 11.2 Å². The molecular weight excluding hydrogens is 316 g/mol. The van der Waals surface area contributed by atoms with E-state index in [-0.39, 0.29) is 12.1 Å². The van der Waals surface area contributed by atoms with Crippen LogP contribution in [0.15, 0.2) is 23.0 Å². The molecule has 0 aliphatic carbocycles. The van der Waals surface area contributed by atoms with E-state index in [1.54, 1.807) is 20.9 Å². The number of terminal acetylenes is 1. The van der Waals surface area contributed by atoms with Gasteiger partial charge in [0.25, 0.3) is 11.5 Å². The summed E-state index contributed by atoms with van der Waals surface area (Å²) in [6.45, 7) is 3.29. The van der Waals surface area contributed by atoms with Crippen LogP contribution in [-0.4, -0.2) is 21.8 Å². The summed E-state index contributed by atoms with van der Waals surface area (Å²) in [6.07, 6.45) is 5.10. The van der Waals surface area contributed by atoms with Crippen molar-refractivity contribution in [1.82, 2.24) is 14.7 Å². The first-order valence-corrected chi connectivity index (χ1v) is 7.24. The molecule has 0 unspecified atom stereocenters. The monoisotopic (exact) mass is 333 g/mol. The van der Waals surface area contributed by atoms with Crippen LogP contribution in [0.1, 0.15) is 34.6 Å². The fourth-order valence-electron chi connectivity index (χ4n) is 2.56. The summed E-state index contributed by atoms with van der Waals surface area (Å²) in [7, 11) is 1.62. The van der Waals surface area contributed by atoms with E-state index in [1.165, 1.54) is 15.4 Å². The van der Waals surface area contributed by atoms with E-state index in [9.17, 15) is 18.4 Å². The van der Waals surface area contributed by atoms with Gasteiger partial charge in [0.15, 0.2) is 11.6 Å². The first-order valence-electron chi connectivity index (χ1n) is 7.24. The van der Waals surface area contributed by atoms with Crippen LogP contribution in [0.25, 0.3) is 0 Å². The smallest absolute Gasteiger partial charge is 0.280 e. The Labute approximate surface area is 137 Å². The predicted molar refractivity (Wildman–Crippen MR) is 85.7 cm³/mol. The Kier molecular flexibility index (Phi) is 4.88. The van der Waals surface area contributed by atoms with Crippen molar-refractivity contribution in [3.8, 4) is 12.3 Å². The number of hydrogen-bond acceptors (Lipinski definition) is 2. The molecule has 2 rings (SSSR count). The highest BCUT2D eigenvalue weighted by atomic mass is 19.2. The van der Waals surface area contributed by atoms with Crippen LogP contribution in [0.3, 0.4) is 0 Å². The average molecular weight is 333 g/mol. The molecule has 1 aromatic carbocycles. The van der Waals surface area contributed by atoms with Crippen LogP contribution in [0.4, 0.5) is 8.78 Å². The second-order valence-electron chi connectivity index (χ2n) is 5.37. The molecule has 24 heavy (non-hydrogen) atoms. The summed E-state index contributed by atoms with van der Waals surface area (Å²) in [5.41, 5.74) is 0.306. The minimum Gasteiger partial charge on any atom is -0.341 e. The normalized spacial score (nSPS) is 11.8. The molecule has 1 heterocycles. The molecule has 0 bridgehead atoms. The number of hydrogen-bond donors (Lipinski definition) is 1. The van der Waals surface area contributed by atoms with Gasteiger partial charge in [0.05, 0.1) is 12.6 Å². The Hall–Kier alpha value is -2.88. The number of amides is 1. The molecule has 7 heteroatoms. The summed E-state index contributed by atoms with van der Waals surface area (Å²) in [4.78, 5) is 24.8. The number of nitrogens with zero attached hydrogens (tertiary/aromatic N) is 2. The van der Waals surface area contributed by atoms with Crippen LogP contribution < -0.4 is 10.9 Å². The molecule has 1 atom stereocenters. The Morgan fingerprint density at radius 3 is 2.62 bits per heavy atom. The number of carbonyl (C=O) groups excluding carboxylic acids is 1. The molecule has 0 saturated carbocycles. The molecule has 5 nitrogen and oxygen atoms in total. The molecule has 0 fully saturated rings. The Bertz CT molecular complexity index is 890. The lowest BCUT2D eigenvalue weighted by Gasteiger charge is -2.17. The van der Waals surface area contributed by atoms with Crippen molar-refractivity contribution in [2.24, 2.45) is 7.05 Å². The fourth-order valence-corrected chi connectivity index (χ4v) is 2.56. The predicted octanol–water partition coefficient (Wildman–Crippen LogP) is 1.75. The molecule has 0 aliphatic rings. The van der Waals surface area contributed by atoms with E-state index < -0.39 is 29.1 Å². The molecule has 1 amide bonds. The van der Waals surface area contributed by atoms with Gasteiger partial charge < -0.3 is 5.32 Å². The Morgan fingerprint density at radius 2 is 2.04 bits per heavy atom. The van der Waals surface area contributed by atoms with Crippen molar-refractivity contribution in [2.45, 2.75) is 19.9 Å². The number of carbonyl (C=O) groups is 1. The van der Waals surface area contributed by atoms with Gasteiger partial charge in [-0.3, -0.25) is 14.3 Å². The highest BCUT2D eigenvalue weighted by Crippen LogP contribution is 2.20. The molecule has 126 valence electrons. The number of aromatic nitrogens is 2. The van der Waals surface area contributed by atoms with Crippen molar-refractivity contribution in [2.75, 3.05) is 6.54 Å². The van der Waals surface area contributed by atoms with Crippen LogP contribution in [0, 0.1) is 30.9 Å². The zero-order valence-electron chi connectivity index (χ0n) is 13.6. The highest BCUT2D eigenvalue weighted by molar-refractivity contribution is 5.95. The third-order valence-electron chi connectivity index (χ3n) is 3.96. The summed E-state index contributed by atoms with van der Waals surface area (Å²) < 4.78 is 29.4. The lowest BCUT2D eigenvalue weighted by Crippen LogP contribution is -2.32. The molecule has 0 spiro atoms. The maximum atomic E-state index is 13.5. The second-order valence-corrected chi connectivity index (χ2v) is 5.37. The van der Waals surface area contributed by atoms with E-state index in [4.69, 9.17) is 6.42 Å². The van der Waals surface area contributed by atoms with Gasteiger partial charge in [-0.15, -0.1) is 6.42 Å². The van der Waals surface area contributed by atoms with Crippen LogP contribution in [0.2, 0.25) is 0 Å². The van der Waals surface area contributed by atoms with Gasteiger partial charge in [0.1, 0.15) is 5.56 Å². The van der Waals surface area contributed by atoms with Gasteiger partial charge in [0.2, 0.25) is 0 Å². The van der Waals surface area contributed by atoms with Crippen molar-refractivity contribution >= 4 is 5.91 Å². The first kappa shape index (κ1) is 17.5. The van der Waals surface area contributed by atoms with Gasteiger partial charge in [-0.25, -0.2) is 13.5 Å². The molecule has 1 aromatic heterocycles.